The number of likely N-dealkylation sites (N-methyl/N-ethyl adjacent to an activating group) is 1. The highest BCUT2D eigenvalue weighted by atomic mass is 16.3. The SMILES string of the molecule is CN(C(=O)Cc1n[nH]c2c1CCCC2)[C@@H]1CCCC[C@H]1O. The third kappa shape index (κ3) is 2.98. The zero-order chi connectivity index (χ0) is 14.8. The average molecular weight is 291 g/mol. The Morgan fingerprint density at radius 1 is 1.29 bits per heavy atom. The second kappa shape index (κ2) is 6.18. The molecule has 3 rings (SSSR count). The molecule has 1 aromatic rings. The predicted molar refractivity (Wildman–Crippen MR) is 80.0 cm³/mol. The van der Waals surface area contributed by atoms with Crippen molar-refractivity contribution in [2.24, 2.45) is 0 Å². The summed E-state index contributed by atoms with van der Waals surface area (Å²) >= 11 is 0. The Balaban J connectivity index is 1.67. The average Bonchev–Trinajstić information content (AvgIpc) is 2.90. The molecule has 1 saturated carbocycles. The largest absolute Gasteiger partial charge is 0.391 e. The quantitative estimate of drug-likeness (QED) is 0.888. The van der Waals surface area contributed by atoms with Crippen LogP contribution >= 0.6 is 0 Å². The van der Waals surface area contributed by atoms with Crippen molar-refractivity contribution in [1.29, 1.82) is 0 Å². The lowest BCUT2D eigenvalue weighted by Gasteiger charge is -2.35. The van der Waals surface area contributed by atoms with Gasteiger partial charge < -0.3 is 10.0 Å². The van der Waals surface area contributed by atoms with Crippen molar-refractivity contribution in [3.63, 3.8) is 0 Å². The normalized spacial score (nSPS) is 25.4. The number of aromatic amines is 1. The van der Waals surface area contributed by atoms with E-state index >= 15 is 0 Å². The first-order valence-corrected chi connectivity index (χ1v) is 8.15. The number of carbonyl (C=O) groups is 1. The second-order valence-corrected chi connectivity index (χ2v) is 6.44. The van der Waals surface area contributed by atoms with E-state index in [1.807, 2.05) is 7.05 Å². The van der Waals surface area contributed by atoms with Crippen molar-refractivity contribution < 1.29 is 9.90 Å². The topological polar surface area (TPSA) is 69.2 Å². The first-order chi connectivity index (χ1) is 10.2. The molecule has 2 aliphatic rings. The van der Waals surface area contributed by atoms with Crippen LogP contribution in [0.1, 0.15) is 55.5 Å². The minimum Gasteiger partial charge on any atom is -0.391 e. The molecule has 1 amide bonds. The molecule has 2 aliphatic carbocycles. The van der Waals surface area contributed by atoms with Crippen LogP contribution in [0.5, 0.6) is 0 Å². The van der Waals surface area contributed by atoms with Gasteiger partial charge in [-0.15, -0.1) is 0 Å². The number of hydrogen-bond acceptors (Lipinski definition) is 3. The van der Waals surface area contributed by atoms with E-state index in [1.165, 1.54) is 24.1 Å². The lowest BCUT2D eigenvalue weighted by atomic mass is 9.91. The third-order valence-electron chi connectivity index (χ3n) is 5.05. The first-order valence-electron chi connectivity index (χ1n) is 8.15. The van der Waals surface area contributed by atoms with Crippen molar-refractivity contribution in [2.45, 2.75) is 69.9 Å². The first kappa shape index (κ1) is 14.6. The van der Waals surface area contributed by atoms with Gasteiger partial charge in [0.1, 0.15) is 0 Å². The van der Waals surface area contributed by atoms with Crippen molar-refractivity contribution in [2.75, 3.05) is 7.05 Å². The number of amides is 1. The van der Waals surface area contributed by atoms with Crippen LogP contribution in [0.3, 0.4) is 0 Å². The molecule has 0 saturated heterocycles. The highest BCUT2D eigenvalue weighted by Gasteiger charge is 2.30. The van der Waals surface area contributed by atoms with E-state index < -0.39 is 0 Å². The lowest BCUT2D eigenvalue weighted by molar-refractivity contribution is -0.134. The van der Waals surface area contributed by atoms with Crippen LogP contribution in [0.2, 0.25) is 0 Å². The summed E-state index contributed by atoms with van der Waals surface area (Å²) < 4.78 is 0. The van der Waals surface area contributed by atoms with Gasteiger partial charge in [-0.25, -0.2) is 0 Å². The number of nitrogens with one attached hydrogen (secondary N) is 1. The molecule has 1 aromatic heterocycles. The van der Waals surface area contributed by atoms with Crippen molar-refractivity contribution >= 4 is 5.91 Å². The summed E-state index contributed by atoms with van der Waals surface area (Å²) in [5, 5.41) is 17.5. The molecular formula is C16H25N3O2. The Bertz CT molecular complexity index is 512. The Labute approximate surface area is 125 Å². The zero-order valence-electron chi connectivity index (χ0n) is 12.8. The van der Waals surface area contributed by atoms with Gasteiger partial charge in [0, 0.05) is 12.7 Å². The fraction of sp³-hybridized carbons (Fsp3) is 0.750. The number of aliphatic hydroxyl groups excluding tert-OH is 1. The van der Waals surface area contributed by atoms with Crippen LogP contribution in [0.15, 0.2) is 0 Å². The number of H-pyrrole nitrogens is 1. The molecule has 0 aliphatic heterocycles. The number of aryl methyl sites for hydroxylation is 1. The maximum absolute atomic E-state index is 12.5. The molecule has 0 bridgehead atoms. The monoisotopic (exact) mass is 291 g/mol. The Hall–Kier alpha value is -1.36. The van der Waals surface area contributed by atoms with Gasteiger partial charge in [0.25, 0.3) is 0 Å². The van der Waals surface area contributed by atoms with Crippen LogP contribution in [0.25, 0.3) is 0 Å². The summed E-state index contributed by atoms with van der Waals surface area (Å²) in [6.45, 7) is 0. The number of nitrogens with zero attached hydrogens (tertiary/aromatic N) is 2. The van der Waals surface area contributed by atoms with Gasteiger partial charge in [-0.05, 0) is 44.1 Å². The highest BCUT2D eigenvalue weighted by Crippen LogP contribution is 2.25. The van der Waals surface area contributed by atoms with Crippen LogP contribution in [0, 0.1) is 0 Å². The van der Waals surface area contributed by atoms with Crippen LogP contribution < -0.4 is 0 Å². The number of fused-ring (bicyclic) bond motifs is 1. The number of rotatable bonds is 3. The molecule has 0 unspecified atom stereocenters. The molecule has 116 valence electrons. The van der Waals surface area contributed by atoms with E-state index in [4.69, 9.17) is 0 Å². The maximum atomic E-state index is 12.5. The zero-order valence-corrected chi connectivity index (χ0v) is 12.8. The summed E-state index contributed by atoms with van der Waals surface area (Å²) in [6, 6.07) is -0.0268. The number of hydrogen-bond donors (Lipinski definition) is 2. The van der Waals surface area contributed by atoms with Gasteiger partial charge in [-0.2, -0.15) is 5.10 Å². The Morgan fingerprint density at radius 3 is 2.86 bits per heavy atom. The fourth-order valence-corrected chi connectivity index (χ4v) is 3.69. The van der Waals surface area contributed by atoms with Crippen LogP contribution in [0.4, 0.5) is 0 Å². The lowest BCUT2D eigenvalue weighted by Crippen LogP contribution is -2.46. The summed E-state index contributed by atoms with van der Waals surface area (Å²) in [5.74, 6) is 0.0702. The van der Waals surface area contributed by atoms with Crippen LogP contribution in [-0.2, 0) is 24.1 Å². The van der Waals surface area contributed by atoms with Crippen LogP contribution in [-0.4, -0.2) is 45.3 Å². The maximum Gasteiger partial charge on any atom is 0.228 e. The molecule has 1 fully saturated rings. The molecular weight excluding hydrogens is 266 g/mol. The Kier molecular flexibility index (Phi) is 4.29. The third-order valence-corrected chi connectivity index (χ3v) is 5.05. The molecule has 0 spiro atoms. The van der Waals surface area contributed by atoms with E-state index in [0.717, 1.165) is 44.2 Å². The molecule has 0 aromatic carbocycles. The molecule has 0 radical (unpaired) electrons. The minimum absolute atomic E-state index is 0.0268. The van der Waals surface area contributed by atoms with Gasteiger partial charge in [-0.1, -0.05) is 12.8 Å². The summed E-state index contributed by atoms with van der Waals surface area (Å²) in [5.41, 5.74) is 3.38. The molecule has 5 heteroatoms. The molecule has 21 heavy (non-hydrogen) atoms. The minimum atomic E-state index is -0.374. The van der Waals surface area contributed by atoms with Gasteiger partial charge in [0.2, 0.25) is 5.91 Å². The van der Waals surface area contributed by atoms with Crippen molar-refractivity contribution in [1.82, 2.24) is 15.1 Å². The smallest absolute Gasteiger partial charge is 0.228 e. The van der Waals surface area contributed by atoms with Crippen molar-refractivity contribution in [3.05, 3.63) is 17.0 Å². The summed E-state index contributed by atoms with van der Waals surface area (Å²) in [7, 11) is 1.82. The van der Waals surface area contributed by atoms with Gasteiger partial charge >= 0.3 is 0 Å². The molecule has 2 N–H and O–H groups in total. The molecule has 5 nitrogen and oxygen atoms in total. The molecule has 1 heterocycles. The van der Waals surface area contributed by atoms with E-state index in [0.29, 0.717) is 6.42 Å². The van der Waals surface area contributed by atoms with E-state index in [1.54, 1.807) is 4.90 Å². The fourth-order valence-electron chi connectivity index (χ4n) is 3.69. The van der Waals surface area contributed by atoms with E-state index in [-0.39, 0.29) is 18.1 Å². The standard InChI is InChI=1S/C16H25N3O2/c1-19(14-8-4-5-9-15(14)20)16(21)10-13-11-6-2-3-7-12(11)17-18-13/h14-15,20H,2-10H2,1H3,(H,17,18)/t14-,15-/m1/s1. The summed E-state index contributed by atoms with van der Waals surface area (Å²) in [4.78, 5) is 14.2. The van der Waals surface area contributed by atoms with Gasteiger partial charge in [0.15, 0.2) is 0 Å². The predicted octanol–water partition coefficient (Wildman–Crippen LogP) is 1.59. The van der Waals surface area contributed by atoms with Gasteiger partial charge in [-0.3, -0.25) is 9.89 Å². The van der Waals surface area contributed by atoms with Gasteiger partial charge in [0.05, 0.1) is 24.3 Å². The Morgan fingerprint density at radius 2 is 2.05 bits per heavy atom. The van der Waals surface area contributed by atoms with Crippen molar-refractivity contribution in [3.8, 4) is 0 Å². The highest BCUT2D eigenvalue weighted by molar-refractivity contribution is 5.79. The van der Waals surface area contributed by atoms with E-state index in [2.05, 4.69) is 10.2 Å². The molecule has 2 atom stereocenters. The number of aromatic nitrogens is 2. The number of carbonyl (C=O) groups excluding carboxylic acids is 1. The van der Waals surface area contributed by atoms with E-state index in [9.17, 15) is 9.90 Å². The number of aliphatic hydroxyl groups is 1. The summed E-state index contributed by atoms with van der Waals surface area (Å²) in [6.07, 6.45) is 8.32. The second-order valence-electron chi connectivity index (χ2n) is 6.44.